The zero-order chi connectivity index (χ0) is 23.0. The first-order chi connectivity index (χ1) is 16.1. The molecule has 0 aromatic heterocycles. The SMILES string of the molecule is O=C(Cl)C(=O)OC12[C@@H]3C4C5[C@@H]6[C@@H]7[C@@H]([C@H]8C9C%10[C@@H]%11[C@H]([C@@H]3[C@H]%10C81Cl)[C@H]4C6(OC(=O)C(=O)Cl)C%11(Cl)[C@@H]97)[C@H]52. The Balaban J connectivity index is 1.25. The number of carbonyl (C=O) groups excluding carboxylic acids is 4. The zero-order valence-electron chi connectivity index (χ0n) is 17.2. The fourth-order valence-electron chi connectivity index (χ4n) is 16.0. The molecule has 0 radical (unpaired) electrons. The van der Waals surface area contributed by atoms with Gasteiger partial charge in [0, 0.05) is 23.7 Å². The number of hydrogen-bond donors (Lipinski definition) is 0. The summed E-state index contributed by atoms with van der Waals surface area (Å²) in [5.41, 5.74) is -1.75. The van der Waals surface area contributed by atoms with E-state index in [2.05, 4.69) is 0 Å². The lowest BCUT2D eigenvalue weighted by molar-refractivity contribution is -0.178. The number of ether oxygens (including phenoxy) is 2. The topological polar surface area (TPSA) is 86.7 Å². The lowest BCUT2D eigenvalue weighted by Crippen LogP contribution is -2.60. The molecule has 0 spiro atoms. The van der Waals surface area contributed by atoms with Crippen molar-refractivity contribution < 1.29 is 28.7 Å². The van der Waals surface area contributed by atoms with E-state index in [1.807, 2.05) is 0 Å². The van der Waals surface area contributed by atoms with Crippen LogP contribution in [0.5, 0.6) is 0 Å². The molecule has 12 rings (SSSR count). The van der Waals surface area contributed by atoms with E-state index in [1.165, 1.54) is 0 Å². The van der Waals surface area contributed by atoms with Gasteiger partial charge in [-0.2, -0.15) is 0 Å². The van der Waals surface area contributed by atoms with E-state index >= 15 is 0 Å². The van der Waals surface area contributed by atoms with Crippen molar-refractivity contribution in [1.29, 1.82) is 0 Å². The van der Waals surface area contributed by atoms with Crippen LogP contribution >= 0.6 is 46.4 Å². The van der Waals surface area contributed by atoms with Crippen LogP contribution in [0.15, 0.2) is 0 Å². The second-order valence-electron chi connectivity index (χ2n) is 13.3. The maximum absolute atomic E-state index is 12.8. The van der Waals surface area contributed by atoms with Crippen molar-refractivity contribution in [3.8, 4) is 0 Å². The average molecular weight is 542 g/mol. The van der Waals surface area contributed by atoms with Gasteiger partial charge >= 0.3 is 22.4 Å². The van der Waals surface area contributed by atoms with Crippen LogP contribution in [0.3, 0.4) is 0 Å². The van der Waals surface area contributed by atoms with E-state index in [9.17, 15) is 19.2 Å². The molecule has 12 aliphatic carbocycles. The van der Waals surface area contributed by atoms with Crippen molar-refractivity contribution in [1.82, 2.24) is 0 Å². The van der Waals surface area contributed by atoms with Crippen molar-refractivity contribution in [2.75, 3.05) is 0 Å². The molecular weight excluding hydrogens is 526 g/mol. The van der Waals surface area contributed by atoms with Gasteiger partial charge < -0.3 is 9.47 Å². The third kappa shape index (κ3) is 1.09. The van der Waals surface area contributed by atoms with Crippen LogP contribution in [0.4, 0.5) is 0 Å². The highest BCUT2D eigenvalue weighted by molar-refractivity contribution is 6.80. The predicted molar refractivity (Wildman–Crippen MR) is 112 cm³/mol. The van der Waals surface area contributed by atoms with Crippen molar-refractivity contribution >= 4 is 68.8 Å². The van der Waals surface area contributed by atoms with Crippen molar-refractivity contribution in [2.45, 2.75) is 21.0 Å². The third-order valence-corrected chi connectivity index (χ3v) is 16.3. The Morgan fingerprint density at radius 2 is 0.706 bits per heavy atom. The minimum Gasteiger partial charge on any atom is -0.450 e. The van der Waals surface area contributed by atoms with E-state index < -0.39 is 43.4 Å². The Labute approximate surface area is 212 Å². The molecule has 0 amide bonds. The van der Waals surface area contributed by atoms with Crippen LogP contribution in [0.25, 0.3) is 0 Å². The molecule has 0 N–H and O–H groups in total. The molecule has 8 unspecified atom stereocenters. The fourth-order valence-corrected chi connectivity index (χ4v) is 17.8. The molecule has 0 heterocycles. The smallest absolute Gasteiger partial charge is 0.392 e. The number of esters is 2. The van der Waals surface area contributed by atoms with E-state index in [-0.39, 0.29) is 82.9 Å². The Hall–Kier alpha value is -0.560. The first-order valence-electron chi connectivity index (χ1n) is 12.4. The summed E-state index contributed by atoms with van der Waals surface area (Å²) in [7, 11) is 0. The molecule has 0 bridgehead atoms. The highest BCUT2D eigenvalue weighted by Gasteiger charge is 3.11. The van der Waals surface area contributed by atoms with Gasteiger partial charge in [0.15, 0.2) is 0 Å². The first-order valence-corrected chi connectivity index (χ1v) is 13.9. The lowest BCUT2D eigenvalue weighted by atomic mass is 9.72. The predicted octanol–water partition coefficient (Wildman–Crippen LogP) is 2.05. The fraction of sp³-hybridized carbons (Fsp3) is 0.833. The van der Waals surface area contributed by atoms with Crippen molar-refractivity contribution in [3.63, 3.8) is 0 Å². The Kier molecular flexibility index (Phi) is 2.41. The molecule has 0 aliphatic heterocycles. The molecular formula is C24H16Cl4O6. The number of alkyl halides is 2. The second-order valence-corrected chi connectivity index (χ2v) is 15.2. The minimum absolute atomic E-state index is 0.0347. The Morgan fingerprint density at radius 3 is 0.971 bits per heavy atom. The molecule has 12 aliphatic rings. The zero-order valence-corrected chi connectivity index (χ0v) is 20.2. The number of halogens is 4. The van der Waals surface area contributed by atoms with Gasteiger partial charge in [0.1, 0.15) is 11.2 Å². The number of hydrogen-bond acceptors (Lipinski definition) is 6. The maximum atomic E-state index is 12.8. The first kappa shape index (κ1) is 18.6. The molecule has 20 atom stereocenters. The van der Waals surface area contributed by atoms with Gasteiger partial charge in [0.05, 0.1) is 9.75 Å². The quantitative estimate of drug-likeness (QED) is 0.234. The molecule has 10 heteroatoms. The molecule has 176 valence electrons. The van der Waals surface area contributed by atoms with E-state index in [1.54, 1.807) is 0 Å². The largest absolute Gasteiger partial charge is 0.450 e. The molecule has 34 heavy (non-hydrogen) atoms. The van der Waals surface area contributed by atoms with Gasteiger partial charge in [0.25, 0.3) is 0 Å². The summed E-state index contributed by atoms with van der Waals surface area (Å²) in [6.07, 6.45) is 0. The van der Waals surface area contributed by atoms with Gasteiger partial charge in [0.2, 0.25) is 0 Å². The summed E-state index contributed by atoms with van der Waals surface area (Å²) >= 11 is 26.9. The molecule has 12 saturated carbocycles. The van der Waals surface area contributed by atoms with Gasteiger partial charge in [-0.15, -0.1) is 23.2 Å². The van der Waals surface area contributed by atoms with E-state index in [0.29, 0.717) is 11.8 Å². The summed E-state index contributed by atoms with van der Waals surface area (Å²) in [6, 6.07) is 0. The maximum Gasteiger partial charge on any atom is 0.392 e. The molecule has 6 nitrogen and oxygen atoms in total. The van der Waals surface area contributed by atoms with Gasteiger partial charge in [-0.05, 0) is 94.2 Å². The van der Waals surface area contributed by atoms with Crippen LogP contribution in [0.2, 0.25) is 0 Å². The van der Waals surface area contributed by atoms with Crippen molar-refractivity contribution in [3.05, 3.63) is 0 Å². The third-order valence-electron chi connectivity index (χ3n) is 14.4. The molecule has 0 aromatic carbocycles. The summed E-state index contributed by atoms with van der Waals surface area (Å²) in [5, 5.41) is -2.20. The second kappa shape index (κ2) is 4.39. The van der Waals surface area contributed by atoms with Crippen LogP contribution in [-0.4, -0.2) is 43.4 Å². The normalized spacial score (nSPS) is 76.6. The highest BCUT2D eigenvalue weighted by Crippen LogP contribution is 3.06. The number of rotatable bonds is 4. The van der Waals surface area contributed by atoms with Gasteiger partial charge in [-0.3, -0.25) is 9.59 Å². The summed E-state index contributed by atoms with van der Waals surface area (Å²) in [6.45, 7) is 0. The standard InChI is InChI=1S/C24H16Cl4O6/c25-17(29)19(31)33-23-13-3-4-10-1-2-11(21(23,27)9(1)3)5-6-12(2)22(10,28)24(34-20(32)18(26)30)14(4)7(13)8(15(5)23)16(6)24/h1-16H/t1?,2?,3-,4+,5+,6-,7?,8?,9+,10-,11-,12+,13+,14-,15-,16+,21?,22?,23?,24?. The average Bonchev–Trinajstić information content (AvgIpc) is 3.56. The van der Waals surface area contributed by atoms with Crippen LogP contribution < -0.4 is 0 Å². The number of carbonyl (C=O) groups is 4. The lowest BCUT2D eigenvalue weighted by Gasteiger charge is -2.47. The molecule has 12 fully saturated rings. The Bertz CT molecular complexity index is 1160. The molecule has 0 aromatic rings. The van der Waals surface area contributed by atoms with E-state index in [4.69, 9.17) is 55.9 Å². The minimum atomic E-state index is -1.10. The van der Waals surface area contributed by atoms with Crippen LogP contribution in [0, 0.1) is 94.7 Å². The van der Waals surface area contributed by atoms with Gasteiger partial charge in [-0.25, -0.2) is 9.59 Å². The Morgan fingerprint density at radius 1 is 0.471 bits per heavy atom. The molecule has 0 saturated heterocycles. The monoisotopic (exact) mass is 540 g/mol. The van der Waals surface area contributed by atoms with E-state index in [0.717, 1.165) is 0 Å². The van der Waals surface area contributed by atoms with Crippen LogP contribution in [-0.2, 0) is 28.7 Å². The summed E-state index contributed by atoms with van der Waals surface area (Å²) in [5.74, 6) is 0.882. The summed E-state index contributed by atoms with van der Waals surface area (Å²) < 4.78 is 12.6. The van der Waals surface area contributed by atoms with Gasteiger partial charge in [-0.1, -0.05) is 0 Å². The summed E-state index contributed by atoms with van der Waals surface area (Å²) in [4.78, 5) is 48.0. The van der Waals surface area contributed by atoms with Crippen LogP contribution in [0.1, 0.15) is 0 Å². The highest BCUT2D eigenvalue weighted by atomic mass is 35.5. The van der Waals surface area contributed by atoms with Crippen molar-refractivity contribution in [2.24, 2.45) is 94.7 Å².